The summed E-state index contributed by atoms with van der Waals surface area (Å²) in [5.74, 6) is 0.535. The number of hydrogen-bond donors (Lipinski definition) is 1. The molecule has 2 rings (SSSR count). The summed E-state index contributed by atoms with van der Waals surface area (Å²) < 4.78 is 15.3. The van der Waals surface area contributed by atoms with Crippen LogP contribution in [0.4, 0.5) is 5.69 Å². The number of carbonyl (C=O) groups excluding carboxylic acids is 2. The lowest BCUT2D eigenvalue weighted by atomic mass is 10.2. The van der Waals surface area contributed by atoms with Crippen LogP contribution in [-0.2, 0) is 9.53 Å². The van der Waals surface area contributed by atoms with E-state index in [1.54, 1.807) is 48.5 Å². The monoisotopic (exact) mass is 329 g/mol. The predicted octanol–water partition coefficient (Wildman–Crippen LogP) is 2.89. The molecule has 2 aromatic rings. The molecule has 0 aromatic heterocycles. The van der Waals surface area contributed by atoms with Gasteiger partial charge in [0.1, 0.15) is 11.5 Å². The van der Waals surface area contributed by atoms with E-state index in [0.717, 1.165) is 5.75 Å². The van der Waals surface area contributed by atoms with Crippen LogP contribution in [0.1, 0.15) is 17.3 Å². The molecule has 0 aliphatic rings. The smallest absolute Gasteiger partial charge is 0.337 e. The van der Waals surface area contributed by atoms with E-state index in [4.69, 9.17) is 9.47 Å². The minimum Gasteiger partial charge on any atom is -0.494 e. The Labute approximate surface area is 140 Å². The van der Waals surface area contributed by atoms with E-state index in [9.17, 15) is 9.59 Å². The van der Waals surface area contributed by atoms with Crippen molar-refractivity contribution in [2.45, 2.75) is 6.92 Å². The maximum absolute atomic E-state index is 11.9. The van der Waals surface area contributed by atoms with Gasteiger partial charge < -0.3 is 19.5 Å². The van der Waals surface area contributed by atoms with Crippen LogP contribution in [0.3, 0.4) is 0 Å². The summed E-state index contributed by atoms with van der Waals surface area (Å²) in [6.07, 6.45) is 0. The SMILES string of the molecule is CCOc1ccc(NC(=O)COc2ccc(C(=O)OC)cc2)cc1. The van der Waals surface area contributed by atoms with Gasteiger partial charge in [-0.1, -0.05) is 0 Å². The first kappa shape index (κ1) is 17.3. The van der Waals surface area contributed by atoms with Gasteiger partial charge >= 0.3 is 5.97 Å². The minimum absolute atomic E-state index is 0.134. The van der Waals surface area contributed by atoms with E-state index in [2.05, 4.69) is 10.1 Å². The normalized spacial score (nSPS) is 9.92. The van der Waals surface area contributed by atoms with Gasteiger partial charge in [0, 0.05) is 5.69 Å². The molecule has 0 aliphatic carbocycles. The molecule has 0 heterocycles. The molecule has 6 nitrogen and oxygen atoms in total. The van der Waals surface area contributed by atoms with Gasteiger partial charge in [-0.25, -0.2) is 4.79 Å². The summed E-state index contributed by atoms with van der Waals surface area (Å²) in [6.45, 7) is 2.36. The second kappa shape index (κ2) is 8.57. The van der Waals surface area contributed by atoms with Crippen molar-refractivity contribution in [2.24, 2.45) is 0 Å². The maximum Gasteiger partial charge on any atom is 0.337 e. The molecule has 2 aromatic carbocycles. The molecule has 0 saturated heterocycles. The first-order chi connectivity index (χ1) is 11.6. The van der Waals surface area contributed by atoms with Crippen molar-refractivity contribution in [3.63, 3.8) is 0 Å². The molecule has 0 spiro atoms. The third kappa shape index (κ3) is 5.01. The second-order valence-corrected chi connectivity index (χ2v) is 4.81. The Kier molecular flexibility index (Phi) is 6.19. The first-order valence-electron chi connectivity index (χ1n) is 7.46. The summed E-state index contributed by atoms with van der Waals surface area (Å²) in [6, 6.07) is 13.4. The molecule has 126 valence electrons. The largest absolute Gasteiger partial charge is 0.494 e. The van der Waals surface area contributed by atoms with E-state index < -0.39 is 5.97 Å². The molecule has 0 aliphatic heterocycles. The highest BCUT2D eigenvalue weighted by Gasteiger charge is 2.07. The predicted molar refractivity (Wildman–Crippen MR) is 89.5 cm³/mol. The molecule has 0 atom stereocenters. The van der Waals surface area contributed by atoms with Crippen molar-refractivity contribution >= 4 is 17.6 Å². The van der Waals surface area contributed by atoms with Crippen molar-refractivity contribution in [2.75, 3.05) is 25.6 Å². The number of esters is 1. The van der Waals surface area contributed by atoms with Gasteiger partial charge in [-0.15, -0.1) is 0 Å². The van der Waals surface area contributed by atoms with Crippen LogP contribution in [0.25, 0.3) is 0 Å². The quantitative estimate of drug-likeness (QED) is 0.791. The number of methoxy groups -OCH3 is 1. The van der Waals surface area contributed by atoms with Crippen molar-refractivity contribution in [1.29, 1.82) is 0 Å². The average Bonchev–Trinajstić information content (AvgIpc) is 2.61. The highest BCUT2D eigenvalue weighted by Crippen LogP contribution is 2.16. The van der Waals surface area contributed by atoms with E-state index >= 15 is 0 Å². The van der Waals surface area contributed by atoms with E-state index in [0.29, 0.717) is 23.6 Å². The highest BCUT2D eigenvalue weighted by molar-refractivity contribution is 5.92. The Bertz CT molecular complexity index is 680. The number of rotatable bonds is 7. The van der Waals surface area contributed by atoms with Crippen molar-refractivity contribution in [3.8, 4) is 11.5 Å². The topological polar surface area (TPSA) is 73.9 Å². The Balaban J connectivity index is 1.83. The fourth-order valence-electron chi connectivity index (χ4n) is 1.95. The van der Waals surface area contributed by atoms with Gasteiger partial charge in [0.05, 0.1) is 19.3 Å². The molecule has 0 radical (unpaired) electrons. The maximum atomic E-state index is 11.9. The molecular weight excluding hydrogens is 310 g/mol. The molecule has 0 fully saturated rings. The molecule has 1 N–H and O–H groups in total. The number of hydrogen-bond acceptors (Lipinski definition) is 5. The molecule has 0 saturated carbocycles. The third-order valence-electron chi connectivity index (χ3n) is 3.09. The zero-order valence-electron chi connectivity index (χ0n) is 13.6. The zero-order valence-corrected chi connectivity index (χ0v) is 13.6. The number of ether oxygens (including phenoxy) is 3. The fourth-order valence-corrected chi connectivity index (χ4v) is 1.95. The Morgan fingerprint density at radius 3 is 2.08 bits per heavy atom. The Morgan fingerprint density at radius 1 is 0.917 bits per heavy atom. The summed E-state index contributed by atoms with van der Waals surface area (Å²) in [5.41, 5.74) is 1.08. The highest BCUT2D eigenvalue weighted by atomic mass is 16.5. The zero-order chi connectivity index (χ0) is 17.4. The van der Waals surface area contributed by atoms with Crippen LogP contribution in [0, 0.1) is 0 Å². The molecular formula is C18H19NO5. The van der Waals surface area contributed by atoms with Crippen LogP contribution < -0.4 is 14.8 Å². The average molecular weight is 329 g/mol. The molecule has 0 unspecified atom stereocenters. The first-order valence-corrected chi connectivity index (χ1v) is 7.46. The van der Waals surface area contributed by atoms with E-state index in [1.165, 1.54) is 7.11 Å². The lowest BCUT2D eigenvalue weighted by Crippen LogP contribution is -2.20. The number of benzene rings is 2. The van der Waals surface area contributed by atoms with E-state index in [1.807, 2.05) is 6.92 Å². The summed E-state index contributed by atoms with van der Waals surface area (Å²) in [4.78, 5) is 23.2. The van der Waals surface area contributed by atoms with Gasteiger partial charge in [0.2, 0.25) is 0 Å². The second-order valence-electron chi connectivity index (χ2n) is 4.81. The summed E-state index contributed by atoms with van der Waals surface area (Å²) >= 11 is 0. The molecule has 6 heteroatoms. The third-order valence-corrected chi connectivity index (χ3v) is 3.09. The van der Waals surface area contributed by atoms with Gasteiger partial charge in [-0.3, -0.25) is 4.79 Å². The van der Waals surface area contributed by atoms with Crippen LogP contribution in [0.5, 0.6) is 11.5 Å². The minimum atomic E-state index is -0.421. The van der Waals surface area contributed by atoms with Crippen LogP contribution in [0.15, 0.2) is 48.5 Å². The summed E-state index contributed by atoms with van der Waals surface area (Å²) in [7, 11) is 1.32. The van der Waals surface area contributed by atoms with Gasteiger partial charge in [-0.05, 0) is 55.5 Å². The van der Waals surface area contributed by atoms with Crippen LogP contribution >= 0.6 is 0 Å². The van der Waals surface area contributed by atoms with E-state index in [-0.39, 0.29) is 12.5 Å². The fraction of sp³-hybridized carbons (Fsp3) is 0.222. The summed E-state index contributed by atoms with van der Waals surface area (Å²) in [5, 5.41) is 2.73. The van der Waals surface area contributed by atoms with Crippen LogP contribution in [0.2, 0.25) is 0 Å². The lowest BCUT2D eigenvalue weighted by molar-refractivity contribution is -0.118. The molecule has 24 heavy (non-hydrogen) atoms. The number of carbonyl (C=O) groups is 2. The molecule has 0 bridgehead atoms. The number of amides is 1. The molecule has 1 amide bonds. The lowest BCUT2D eigenvalue weighted by Gasteiger charge is -2.09. The van der Waals surface area contributed by atoms with Crippen molar-refractivity contribution in [1.82, 2.24) is 0 Å². The van der Waals surface area contributed by atoms with Crippen molar-refractivity contribution in [3.05, 3.63) is 54.1 Å². The standard InChI is InChI=1S/C18H19NO5/c1-3-23-15-10-6-14(7-11-15)19-17(20)12-24-16-8-4-13(5-9-16)18(21)22-2/h4-11H,3,12H2,1-2H3,(H,19,20). The van der Waals surface area contributed by atoms with Gasteiger partial charge in [-0.2, -0.15) is 0 Å². The Hall–Kier alpha value is -3.02. The Morgan fingerprint density at radius 2 is 1.50 bits per heavy atom. The van der Waals surface area contributed by atoms with Crippen LogP contribution in [-0.4, -0.2) is 32.2 Å². The van der Waals surface area contributed by atoms with Crippen molar-refractivity contribution < 1.29 is 23.8 Å². The van der Waals surface area contributed by atoms with Gasteiger partial charge in [0.15, 0.2) is 6.61 Å². The van der Waals surface area contributed by atoms with Gasteiger partial charge in [0.25, 0.3) is 5.91 Å². The number of anilines is 1. The number of nitrogens with one attached hydrogen (secondary N) is 1.